The first kappa shape index (κ1) is 87.0. The van der Waals surface area contributed by atoms with Gasteiger partial charge in [-0.25, -0.2) is 0 Å². The van der Waals surface area contributed by atoms with Crippen molar-refractivity contribution in [2.45, 2.75) is 401 Å². The van der Waals surface area contributed by atoms with Crippen LogP contribution in [0, 0.1) is 0 Å². The largest absolute Gasteiger partial charge is 0.394 e. The van der Waals surface area contributed by atoms with Gasteiger partial charge in [0.1, 0.15) is 73.2 Å². The number of unbranched alkanes of at least 4 members (excludes halogenated alkanes) is 38. The molecule has 12 N–H and O–H groups in total. The van der Waals surface area contributed by atoms with Gasteiger partial charge >= 0.3 is 0 Å². The lowest BCUT2D eigenvalue weighted by Crippen LogP contribution is -2.66. The molecule has 3 heterocycles. The number of carbonyl (C=O) groups excluding carboxylic acids is 1. The molecule has 17 atom stereocenters. The molecule has 1 amide bonds. The minimum absolute atomic E-state index is 0.238. The van der Waals surface area contributed by atoms with Crippen molar-refractivity contribution in [3.8, 4) is 0 Å². The monoisotopic (exact) mass is 1350 g/mol. The third-order valence-electron chi connectivity index (χ3n) is 19.1. The second kappa shape index (κ2) is 57.4. The van der Waals surface area contributed by atoms with Gasteiger partial charge in [0, 0.05) is 6.42 Å². The van der Waals surface area contributed by atoms with Gasteiger partial charge in [0.15, 0.2) is 18.9 Å². The van der Waals surface area contributed by atoms with Crippen molar-refractivity contribution in [3.05, 3.63) is 48.6 Å². The van der Waals surface area contributed by atoms with Crippen molar-refractivity contribution in [1.29, 1.82) is 0 Å². The Kier molecular flexibility index (Phi) is 52.5. The van der Waals surface area contributed by atoms with Crippen molar-refractivity contribution < 1.29 is 89.4 Å². The number of allylic oxidation sites excluding steroid dienone is 7. The SMILES string of the molecule is CCCCCCC/C=C\C/C=C\CCCCCCCCCCCCCCCCCCCCCCCCCC(=O)NC(COC1OC(CO)C(OC2OC(CO)C(OC3OC(CO)C(O)C(O)C3O)C(O)C2O)C(O)C1O)C(O)/C=C/CC/C=C/CCCCCCCCCCC. The molecule has 0 bridgehead atoms. The highest BCUT2D eigenvalue weighted by atomic mass is 16.8. The standard InChI is InChI=1S/C76H139NO18/c1-3-5-7-9-11-13-15-17-19-20-21-22-23-24-25-26-27-28-29-30-31-32-33-34-35-36-37-38-40-42-44-46-48-50-52-54-64(82)77-59(60(81)53-51-49-47-45-43-41-39-18-16-14-12-10-8-6-4-2)58-90-74-70(88)67(85)72(62(56-79)92-74)95-76-71(89)68(86)73(63(57-80)93-76)94-75-69(87)66(84)65(83)61(55-78)91-75/h15,17,20-21,43,45,51,53,59-63,65-76,78-81,83-89H,3-14,16,18-19,22-42,44,46-50,52,54-58H2,1-2H3,(H,77,82)/b17-15-,21-20-,45-43+,53-51+. The normalized spacial score (nSPS) is 27.4. The molecular formula is C76H139NO18. The van der Waals surface area contributed by atoms with Crippen molar-refractivity contribution in [2.24, 2.45) is 0 Å². The summed E-state index contributed by atoms with van der Waals surface area (Å²) in [7, 11) is 0. The molecule has 0 spiro atoms. The fraction of sp³-hybridized carbons (Fsp3) is 0.882. The summed E-state index contributed by atoms with van der Waals surface area (Å²) >= 11 is 0. The van der Waals surface area contributed by atoms with E-state index in [1.54, 1.807) is 6.08 Å². The van der Waals surface area contributed by atoms with Crippen molar-refractivity contribution >= 4 is 5.91 Å². The van der Waals surface area contributed by atoms with Crippen LogP contribution >= 0.6 is 0 Å². The van der Waals surface area contributed by atoms with Crippen LogP contribution in [0.3, 0.4) is 0 Å². The van der Waals surface area contributed by atoms with Crippen LogP contribution in [0.4, 0.5) is 0 Å². The number of ether oxygens (including phenoxy) is 6. The quantitative estimate of drug-likeness (QED) is 0.0199. The van der Waals surface area contributed by atoms with Crippen LogP contribution in [0.1, 0.15) is 296 Å². The molecule has 17 unspecified atom stereocenters. The zero-order chi connectivity index (χ0) is 68.9. The Morgan fingerprint density at radius 1 is 0.379 bits per heavy atom. The van der Waals surface area contributed by atoms with Gasteiger partial charge < -0.3 is 89.9 Å². The highest BCUT2D eigenvalue weighted by Gasteiger charge is 2.53. The Labute approximate surface area is 573 Å². The maximum Gasteiger partial charge on any atom is 0.220 e. The zero-order valence-electron chi connectivity index (χ0n) is 59.2. The summed E-state index contributed by atoms with van der Waals surface area (Å²) in [6.07, 6.45) is 44.1. The Bertz CT molecular complexity index is 1910. The molecule has 3 saturated heterocycles. The third-order valence-corrected chi connectivity index (χ3v) is 19.1. The van der Waals surface area contributed by atoms with Gasteiger partial charge in [-0.15, -0.1) is 0 Å². The molecule has 0 aromatic rings. The van der Waals surface area contributed by atoms with Crippen LogP contribution in [0.2, 0.25) is 0 Å². The molecule has 0 aliphatic carbocycles. The summed E-state index contributed by atoms with van der Waals surface area (Å²) in [6, 6.07) is -0.989. The number of amides is 1. The first-order chi connectivity index (χ1) is 46.3. The van der Waals surface area contributed by atoms with E-state index < -0.39 is 124 Å². The zero-order valence-corrected chi connectivity index (χ0v) is 59.2. The van der Waals surface area contributed by atoms with Gasteiger partial charge in [-0.2, -0.15) is 0 Å². The first-order valence-electron chi connectivity index (χ1n) is 38.4. The lowest BCUT2D eigenvalue weighted by molar-refractivity contribution is -0.379. The highest BCUT2D eigenvalue weighted by molar-refractivity contribution is 5.76. The van der Waals surface area contributed by atoms with Gasteiger partial charge in [0.2, 0.25) is 5.91 Å². The van der Waals surface area contributed by atoms with Gasteiger partial charge in [-0.1, -0.05) is 274 Å². The van der Waals surface area contributed by atoms with Gasteiger partial charge in [-0.3, -0.25) is 4.79 Å². The molecule has 3 fully saturated rings. The lowest BCUT2D eigenvalue weighted by atomic mass is 9.96. The molecule has 3 rings (SSSR count). The summed E-state index contributed by atoms with van der Waals surface area (Å²) in [5.41, 5.74) is 0. The average Bonchev–Trinajstić information content (AvgIpc) is 0.799. The first-order valence-corrected chi connectivity index (χ1v) is 38.4. The maximum atomic E-state index is 13.4. The maximum absolute atomic E-state index is 13.4. The van der Waals surface area contributed by atoms with E-state index in [0.29, 0.717) is 12.8 Å². The van der Waals surface area contributed by atoms with Crippen molar-refractivity contribution in [2.75, 3.05) is 26.4 Å². The Morgan fingerprint density at radius 3 is 1.12 bits per heavy atom. The summed E-state index contributed by atoms with van der Waals surface area (Å²) in [5, 5.41) is 121. The summed E-state index contributed by atoms with van der Waals surface area (Å²) < 4.78 is 34.4. The minimum atomic E-state index is -1.98. The predicted molar refractivity (Wildman–Crippen MR) is 374 cm³/mol. The number of rotatable bonds is 60. The topological polar surface area (TPSA) is 307 Å². The number of aliphatic hydroxyl groups is 11. The number of hydrogen-bond donors (Lipinski definition) is 12. The number of carbonyl (C=O) groups is 1. The number of nitrogens with one attached hydrogen (secondary N) is 1. The predicted octanol–water partition coefficient (Wildman–Crippen LogP) is 11.7. The van der Waals surface area contributed by atoms with Gasteiger partial charge in [0.05, 0.1) is 38.6 Å². The van der Waals surface area contributed by atoms with E-state index in [-0.39, 0.29) is 18.9 Å². The van der Waals surface area contributed by atoms with Gasteiger partial charge in [-0.05, 0) is 64.2 Å². The van der Waals surface area contributed by atoms with Crippen molar-refractivity contribution in [1.82, 2.24) is 5.32 Å². The molecule has 0 aromatic heterocycles. The molecular weight excluding hydrogens is 1210 g/mol. The van der Waals surface area contributed by atoms with Crippen LogP contribution in [0.15, 0.2) is 48.6 Å². The van der Waals surface area contributed by atoms with E-state index in [1.807, 2.05) is 6.08 Å². The number of hydrogen-bond acceptors (Lipinski definition) is 18. The molecule has 0 aromatic carbocycles. The van der Waals surface area contributed by atoms with E-state index in [2.05, 4.69) is 55.6 Å². The molecule has 0 radical (unpaired) electrons. The van der Waals surface area contributed by atoms with E-state index in [1.165, 1.54) is 218 Å². The Balaban J connectivity index is 1.33. The number of aliphatic hydroxyl groups excluding tert-OH is 11. The highest BCUT2D eigenvalue weighted by Crippen LogP contribution is 2.33. The molecule has 3 aliphatic rings. The van der Waals surface area contributed by atoms with Crippen LogP contribution in [-0.2, 0) is 33.2 Å². The molecule has 19 nitrogen and oxygen atoms in total. The summed E-state index contributed by atoms with van der Waals surface area (Å²) in [5.74, 6) is -0.281. The van der Waals surface area contributed by atoms with Crippen molar-refractivity contribution in [3.63, 3.8) is 0 Å². The smallest absolute Gasteiger partial charge is 0.220 e. The molecule has 556 valence electrons. The minimum Gasteiger partial charge on any atom is -0.394 e. The fourth-order valence-corrected chi connectivity index (χ4v) is 12.9. The van der Waals surface area contributed by atoms with E-state index in [9.17, 15) is 61.0 Å². The van der Waals surface area contributed by atoms with E-state index >= 15 is 0 Å². The average molecular weight is 1350 g/mol. The fourth-order valence-electron chi connectivity index (χ4n) is 12.9. The molecule has 19 heteroatoms. The molecule has 95 heavy (non-hydrogen) atoms. The summed E-state index contributed by atoms with van der Waals surface area (Å²) in [4.78, 5) is 13.4. The lowest BCUT2D eigenvalue weighted by Gasteiger charge is -2.48. The third kappa shape index (κ3) is 38.4. The van der Waals surface area contributed by atoms with E-state index in [4.69, 9.17) is 28.4 Å². The van der Waals surface area contributed by atoms with Gasteiger partial charge in [0.25, 0.3) is 0 Å². The Hall–Kier alpha value is -2.25. The summed E-state index contributed by atoms with van der Waals surface area (Å²) in [6.45, 7) is 1.72. The van der Waals surface area contributed by atoms with Crippen LogP contribution in [0.25, 0.3) is 0 Å². The van der Waals surface area contributed by atoms with E-state index in [0.717, 1.165) is 44.9 Å². The molecule has 0 saturated carbocycles. The van der Waals surface area contributed by atoms with Crippen LogP contribution < -0.4 is 5.32 Å². The van der Waals surface area contributed by atoms with Crippen LogP contribution in [0.5, 0.6) is 0 Å². The van der Waals surface area contributed by atoms with Crippen LogP contribution in [-0.4, -0.2) is 193 Å². The second-order valence-electron chi connectivity index (χ2n) is 27.5. The Morgan fingerprint density at radius 2 is 0.705 bits per heavy atom. The second-order valence-corrected chi connectivity index (χ2v) is 27.5. The molecule has 3 aliphatic heterocycles.